The monoisotopic (exact) mass is 432 g/mol. The maximum absolute atomic E-state index is 13.8. The average Bonchev–Trinajstić information content (AvgIpc) is 2.62. The van der Waals surface area contributed by atoms with Crippen LogP contribution in [0.25, 0.3) is 10.9 Å². The summed E-state index contributed by atoms with van der Waals surface area (Å²) >= 11 is 0. The largest absolute Gasteiger partial charge is 0.486 e. The number of fused-ring (bicyclic) bond motifs is 1. The number of aromatic nitrogens is 2. The van der Waals surface area contributed by atoms with Gasteiger partial charge in [-0.05, 0) is 49.5 Å². The predicted octanol–water partition coefficient (Wildman–Crippen LogP) is 3.91. The molecule has 2 unspecified atom stereocenters. The first-order valence-corrected chi connectivity index (χ1v) is 11.4. The molecule has 0 amide bonds. The highest BCUT2D eigenvalue weighted by Gasteiger charge is 2.14. The number of hydrogen-bond donors (Lipinski definition) is 2. The lowest BCUT2D eigenvalue weighted by Crippen LogP contribution is -2.18. The molecule has 0 saturated heterocycles. The van der Waals surface area contributed by atoms with Gasteiger partial charge in [-0.3, -0.25) is 0 Å². The van der Waals surface area contributed by atoms with Crippen molar-refractivity contribution in [2.24, 2.45) is 0 Å². The summed E-state index contributed by atoms with van der Waals surface area (Å²) < 4.78 is 39.6. The summed E-state index contributed by atoms with van der Waals surface area (Å²) in [7, 11) is -0.840. The zero-order chi connectivity index (χ0) is 21.9. The molecule has 7 nitrogen and oxygen atoms in total. The van der Waals surface area contributed by atoms with Crippen molar-refractivity contribution in [1.29, 1.82) is 0 Å². The third-order valence-corrected chi connectivity index (χ3v) is 4.86. The Balaban J connectivity index is 2.00. The molecule has 0 radical (unpaired) electrons. The molecule has 1 heterocycles. The molecule has 0 aliphatic rings. The Morgan fingerprint density at radius 3 is 2.73 bits per heavy atom. The number of ether oxygens (including phenoxy) is 2. The van der Waals surface area contributed by atoms with Gasteiger partial charge in [-0.15, -0.1) is 0 Å². The zero-order valence-electron chi connectivity index (χ0n) is 17.4. The van der Waals surface area contributed by atoms with E-state index in [1.807, 2.05) is 19.9 Å². The van der Waals surface area contributed by atoms with Gasteiger partial charge in [0.05, 0.1) is 17.8 Å². The van der Waals surface area contributed by atoms with E-state index in [2.05, 4.69) is 25.9 Å². The molecule has 9 heteroatoms. The third kappa shape index (κ3) is 5.37. The normalized spacial score (nSPS) is 14.2. The molecule has 30 heavy (non-hydrogen) atoms. The second-order valence-electron chi connectivity index (χ2n) is 7.17. The second kappa shape index (κ2) is 8.85. The summed E-state index contributed by atoms with van der Waals surface area (Å²) in [6, 6.07) is 7.90. The van der Waals surface area contributed by atoms with Crippen molar-refractivity contribution in [1.82, 2.24) is 9.97 Å². The lowest BCUT2D eigenvalue weighted by atomic mass is 10.1. The first-order chi connectivity index (χ1) is 14.2. The Kier molecular flexibility index (Phi) is 6.42. The fraction of sp³-hybridized carbons (Fsp3) is 0.286. The molecular formula is C21H25FN4O3S. The van der Waals surface area contributed by atoms with Crippen LogP contribution < -0.4 is 14.8 Å². The van der Waals surface area contributed by atoms with Crippen LogP contribution in [0.1, 0.15) is 12.5 Å². The molecule has 3 aromatic rings. The molecule has 0 aliphatic carbocycles. The molecule has 0 bridgehead atoms. The van der Waals surface area contributed by atoms with E-state index in [1.54, 1.807) is 19.2 Å². The van der Waals surface area contributed by atoms with E-state index in [9.17, 15) is 8.60 Å². The zero-order valence-corrected chi connectivity index (χ0v) is 18.2. The topological polar surface area (TPSA) is 85.4 Å². The van der Waals surface area contributed by atoms with Gasteiger partial charge in [0.1, 0.15) is 29.8 Å². The van der Waals surface area contributed by atoms with Crippen molar-refractivity contribution in [3.05, 3.63) is 48.0 Å². The minimum atomic E-state index is -2.42. The number of benzene rings is 2. The molecule has 3 rings (SSSR count). The molecule has 0 saturated carbocycles. The Labute approximate surface area is 175 Å². The SMILES string of the molecule is C=S(C)(=O)Nc1cc(C)c2c(Nc3ccc(F)cc3OC(C)COC)ncnc2c1. The fourth-order valence-corrected chi connectivity index (χ4v) is 3.72. The average molecular weight is 433 g/mol. The lowest BCUT2D eigenvalue weighted by Gasteiger charge is -2.18. The van der Waals surface area contributed by atoms with Gasteiger partial charge >= 0.3 is 0 Å². The maximum atomic E-state index is 13.8. The fourth-order valence-electron chi connectivity index (χ4n) is 3.10. The third-order valence-electron chi connectivity index (χ3n) is 4.20. The van der Waals surface area contributed by atoms with Gasteiger partial charge < -0.3 is 19.5 Å². The lowest BCUT2D eigenvalue weighted by molar-refractivity contribution is 0.0923. The van der Waals surface area contributed by atoms with Gasteiger partial charge in [-0.2, -0.15) is 0 Å². The second-order valence-corrected chi connectivity index (χ2v) is 9.38. The predicted molar refractivity (Wildman–Crippen MR) is 121 cm³/mol. The summed E-state index contributed by atoms with van der Waals surface area (Å²) in [6.45, 7) is 4.12. The van der Waals surface area contributed by atoms with Gasteiger partial charge in [-0.1, -0.05) is 0 Å². The quantitative estimate of drug-likeness (QED) is 0.525. The van der Waals surface area contributed by atoms with Crippen LogP contribution in [0.5, 0.6) is 5.75 Å². The molecule has 0 spiro atoms. The van der Waals surface area contributed by atoms with Crippen LogP contribution in [0.3, 0.4) is 0 Å². The Morgan fingerprint density at radius 2 is 2.03 bits per heavy atom. The number of nitrogens with zero attached hydrogens (tertiary/aromatic N) is 2. The number of rotatable bonds is 8. The van der Waals surface area contributed by atoms with E-state index in [0.717, 1.165) is 10.9 Å². The van der Waals surface area contributed by atoms with E-state index >= 15 is 0 Å². The highest BCUT2D eigenvalue weighted by atomic mass is 32.2. The standard InChI is InChI=1S/C21H25FN4O3S/c1-13-8-16(26-30(4,5)27)10-18-20(13)21(24-12-23-18)25-17-7-6-15(22)9-19(17)29-14(2)11-28-3/h6-10,12,14H,4,11H2,1-3,5H3,(H,26,27)(H,23,24,25). The van der Waals surface area contributed by atoms with Crippen molar-refractivity contribution >= 4 is 43.7 Å². The summed E-state index contributed by atoms with van der Waals surface area (Å²) in [5.41, 5.74) is 2.76. The summed E-state index contributed by atoms with van der Waals surface area (Å²) in [6.07, 6.45) is 2.69. The van der Waals surface area contributed by atoms with Crippen LogP contribution in [0.2, 0.25) is 0 Å². The van der Waals surface area contributed by atoms with Gasteiger partial charge in [0.2, 0.25) is 0 Å². The van der Waals surface area contributed by atoms with Crippen LogP contribution in [0.4, 0.5) is 21.6 Å². The van der Waals surface area contributed by atoms with E-state index in [1.165, 1.54) is 24.7 Å². The maximum Gasteiger partial charge on any atom is 0.146 e. The smallest absolute Gasteiger partial charge is 0.146 e. The molecule has 160 valence electrons. The number of halogens is 1. The van der Waals surface area contributed by atoms with Gasteiger partial charge in [0.15, 0.2) is 0 Å². The van der Waals surface area contributed by atoms with Gasteiger partial charge in [0.25, 0.3) is 0 Å². The number of nitrogens with one attached hydrogen (secondary N) is 2. The van der Waals surface area contributed by atoms with Gasteiger partial charge in [0, 0.05) is 40.2 Å². The van der Waals surface area contributed by atoms with E-state index in [4.69, 9.17) is 9.47 Å². The molecular weight excluding hydrogens is 407 g/mol. The minimum Gasteiger partial charge on any atom is -0.486 e. The van der Waals surface area contributed by atoms with Crippen LogP contribution >= 0.6 is 0 Å². The molecule has 0 fully saturated rings. The molecule has 0 aliphatic heterocycles. The highest BCUT2D eigenvalue weighted by molar-refractivity contribution is 8.00. The number of anilines is 3. The number of hydrogen-bond acceptors (Lipinski definition) is 6. The number of aryl methyl sites for hydroxylation is 1. The van der Waals surface area contributed by atoms with Crippen molar-refractivity contribution < 1.29 is 18.1 Å². The van der Waals surface area contributed by atoms with E-state index < -0.39 is 15.5 Å². The first-order valence-electron chi connectivity index (χ1n) is 9.24. The van der Waals surface area contributed by atoms with E-state index in [0.29, 0.717) is 35.1 Å². The number of methoxy groups -OCH3 is 1. The summed E-state index contributed by atoms with van der Waals surface area (Å²) in [5.74, 6) is 4.11. The van der Waals surface area contributed by atoms with Crippen LogP contribution in [0, 0.1) is 12.7 Å². The van der Waals surface area contributed by atoms with Crippen LogP contribution in [-0.4, -0.2) is 46.1 Å². The van der Waals surface area contributed by atoms with Crippen LogP contribution in [-0.2, 0) is 14.4 Å². The highest BCUT2D eigenvalue weighted by Crippen LogP contribution is 2.33. The summed E-state index contributed by atoms with van der Waals surface area (Å²) in [5, 5.41) is 4.01. The van der Waals surface area contributed by atoms with Crippen LogP contribution in [0.15, 0.2) is 36.7 Å². The van der Waals surface area contributed by atoms with Crippen molar-refractivity contribution in [3.8, 4) is 5.75 Å². The van der Waals surface area contributed by atoms with Crippen molar-refractivity contribution in [2.45, 2.75) is 20.0 Å². The molecule has 2 aromatic carbocycles. The first kappa shape index (κ1) is 21.8. The molecule has 2 N–H and O–H groups in total. The minimum absolute atomic E-state index is 0.263. The van der Waals surface area contributed by atoms with Crippen molar-refractivity contribution in [3.63, 3.8) is 0 Å². The Bertz CT molecular complexity index is 1170. The Morgan fingerprint density at radius 1 is 1.27 bits per heavy atom. The molecule has 2 atom stereocenters. The Hall–Kier alpha value is -2.91. The van der Waals surface area contributed by atoms with Crippen molar-refractivity contribution in [2.75, 3.05) is 30.0 Å². The molecule has 1 aromatic heterocycles. The van der Waals surface area contributed by atoms with Gasteiger partial charge in [-0.25, -0.2) is 18.6 Å². The van der Waals surface area contributed by atoms with E-state index in [-0.39, 0.29) is 6.10 Å². The summed E-state index contributed by atoms with van der Waals surface area (Å²) in [4.78, 5) is 8.69.